The Morgan fingerprint density at radius 2 is 2.12 bits per heavy atom. The Hall–Kier alpha value is -1.04. The number of allylic oxidation sites excluding steroid dienone is 2. The molecule has 0 heteroatoms. The SMILES string of the molecule is Cc1ccc2c(c1)CCC1(CC3=CCC1C3)C2. The van der Waals surface area contributed by atoms with Crippen LogP contribution in [0.15, 0.2) is 29.8 Å². The van der Waals surface area contributed by atoms with Crippen LogP contribution < -0.4 is 0 Å². The second-order valence-electron chi connectivity index (χ2n) is 6.49. The smallest absolute Gasteiger partial charge is 0.0182 e. The Balaban J connectivity index is 1.72. The van der Waals surface area contributed by atoms with Gasteiger partial charge in [0.2, 0.25) is 0 Å². The second-order valence-corrected chi connectivity index (χ2v) is 6.49. The Bertz CT molecular complexity index is 509. The van der Waals surface area contributed by atoms with Crippen molar-refractivity contribution in [3.8, 4) is 0 Å². The summed E-state index contributed by atoms with van der Waals surface area (Å²) in [5.41, 5.74) is 7.13. The number of fused-ring (bicyclic) bond motifs is 4. The summed E-state index contributed by atoms with van der Waals surface area (Å²) >= 11 is 0. The van der Waals surface area contributed by atoms with Gasteiger partial charge in [-0.3, -0.25) is 0 Å². The third kappa shape index (κ3) is 1.36. The zero-order valence-electron chi connectivity index (χ0n) is 10.6. The van der Waals surface area contributed by atoms with Crippen molar-refractivity contribution in [2.45, 2.75) is 45.4 Å². The lowest BCUT2D eigenvalue weighted by molar-refractivity contribution is 0.168. The molecule has 88 valence electrons. The molecule has 1 aromatic carbocycles. The molecule has 1 fully saturated rings. The van der Waals surface area contributed by atoms with Gasteiger partial charge in [-0.2, -0.15) is 0 Å². The van der Waals surface area contributed by atoms with E-state index in [4.69, 9.17) is 0 Å². The van der Waals surface area contributed by atoms with Crippen molar-refractivity contribution in [3.63, 3.8) is 0 Å². The lowest BCUT2D eigenvalue weighted by Crippen LogP contribution is -2.33. The van der Waals surface area contributed by atoms with Crippen molar-refractivity contribution in [3.05, 3.63) is 46.5 Å². The molecular formula is C17H20. The predicted octanol–water partition coefficient (Wildman–Crippen LogP) is 4.21. The Labute approximate surface area is 104 Å². The first-order valence-electron chi connectivity index (χ1n) is 7.02. The topological polar surface area (TPSA) is 0 Å². The molecule has 2 bridgehead atoms. The highest BCUT2D eigenvalue weighted by atomic mass is 14.5. The van der Waals surface area contributed by atoms with Gasteiger partial charge >= 0.3 is 0 Å². The Morgan fingerprint density at radius 1 is 1.18 bits per heavy atom. The third-order valence-corrected chi connectivity index (χ3v) is 5.44. The molecule has 0 N–H and O–H groups in total. The first-order chi connectivity index (χ1) is 8.25. The molecule has 0 radical (unpaired) electrons. The van der Waals surface area contributed by atoms with Crippen LogP contribution >= 0.6 is 0 Å². The molecule has 0 saturated heterocycles. The van der Waals surface area contributed by atoms with E-state index in [1.807, 2.05) is 0 Å². The minimum Gasteiger partial charge on any atom is -0.0850 e. The molecule has 0 heterocycles. The maximum Gasteiger partial charge on any atom is -0.0182 e. The third-order valence-electron chi connectivity index (χ3n) is 5.44. The zero-order valence-corrected chi connectivity index (χ0v) is 10.6. The van der Waals surface area contributed by atoms with Gasteiger partial charge in [-0.15, -0.1) is 0 Å². The molecule has 1 aromatic rings. The van der Waals surface area contributed by atoms with Gasteiger partial charge in [-0.05, 0) is 67.9 Å². The number of hydrogen-bond donors (Lipinski definition) is 0. The predicted molar refractivity (Wildman–Crippen MR) is 71.1 cm³/mol. The molecule has 3 aliphatic carbocycles. The summed E-state index contributed by atoms with van der Waals surface area (Å²) in [6.45, 7) is 2.22. The maximum atomic E-state index is 2.51. The molecule has 17 heavy (non-hydrogen) atoms. The van der Waals surface area contributed by atoms with E-state index in [0.717, 1.165) is 5.92 Å². The molecule has 4 rings (SSSR count). The van der Waals surface area contributed by atoms with E-state index in [-0.39, 0.29) is 0 Å². The molecule has 2 atom stereocenters. The summed E-state index contributed by atoms with van der Waals surface area (Å²) in [6.07, 6.45) is 10.8. The van der Waals surface area contributed by atoms with Gasteiger partial charge in [0.15, 0.2) is 0 Å². The molecule has 2 unspecified atom stereocenters. The quantitative estimate of drug-likeness (QED) is 0.579. The van der Waals surface area contributed by atoms with Gasteiger partial charge in [-0.25, -0.2) is 0 Å². The van der Waals surface area contributed by atoms with Crippen LogP contribution in [0, 0.1) is 18.3 Å². The van der Waals surface area contributed by atoms with Crippen molar-refractivity contribution in [2.24, 2.45) is 11.3 Å². The summed E-state index contributed by atoms with van der Waals surface area (Å²) in [7, 11) is 0. The highest BCUT2D eigenvalue weighted by Crippen LogP contribution is 2.58. The van der Waals surface area contributed by atoms with Gasteiger partial charge in [0.25, 0.3) is 0 Å². The molecule has 0 nitrogen and oxygen atoms in total. The fourth-order valence-corrected chi connectivity index (χ4v) is 4.51. The highest BCUT2D eigenvalue weighted by Gasteiger charge is 2.48. The van der Waals surface area contributed by atoms with Crippen LogP contribution in [0.25, 0.3) is 0 Å². The number of benzene rings is 1. The molecule has 3 aliphatic rings. The zero-order chi connectivity index (χ0) is 11.5. The van der Waals surface area contributed by atoms with E-state index >= 15 is 0 Å². The van der Waals surface area contributed by atoms with Crippen molar-refractivity contribution >= 4 is 0 Å². The van der Waals surface area contributed by atoms with Gasteiger partial charge in [0.1, 0.15) is 0 Å². The fraction of sp³-hybridized carbons (Fsp3) is 0.529. The monoisotopic (exact) mass is 224 g/mol. The Kier molecular flexibility index (Phi) is 1.90. The van der Waals surface area contributed by atoms with Crippen molar-refractivity contribution in [1.82, 2.24) is 0 Å². The first kappa shape index (κ1) is 9.94. The van der Waals surface area contributed by atoms with Gasteiger partial charge < -0.3 is 0 Å². The van der Waals surface area contributed by atoms with Crippen molar-refractivity contribution in [1.29, 1.82) is 0 Å². The van der Waals surface area contributed by atoms with Crippen LogP contribution in [0.2, 0.25) is 0 Å². The van der Waals surface area contributed by atoms with Crippen LogP contribution in [0.4, 0.5) is 0 Å². The molecule has 0 aromatic heterocycles. The van der Waals surface area contributed by atoms with Crippen LogP contribution in [-0.4, -0.2) is 0 Å². The first-order valence-corrected chi connectivity index (χ1v) is 7.02. The van der Waals surface area contributed by atoms with E-state index in [2.05, 4.69) is 31.2 Å². The van der Waals surface area contributed by atoms with Gasteiger partial charge in [0, 0.05) is 0 Å². The molecular weight excluding hydrogens is 204 g/mol. The summed E-state index contributed by atoms with van der Waals surface area (Å²) < 4.78 is 0. The fourth-order valence-electron chi connectivity index (χ4n) is 4.51. The van der Waals surface area contributed by atoms with E-state index in [1.165, 1.54) is 44.1 Å². The summed E-state index contributed by atoms with van der Waals surface area (Å²) in [5.74, 6) is 0.979. The largest absolute Gasteiger partial charge is 0.0850 e. The van der Waals surface area contributed by atoms with Crippen LogP contribution in [0.5, 0.6) is 0 Å². The number of hydrogen-bond acceptors (Lipinski definition) is 0. The lowest BCUT2D eigenvalue weighted by Gasteiger charge is -2.40. The number of aryl methyl sites for hydroxylation is 2. The minimum absolute atomic E-state index is 0.659. The molecule has 0 aliphatic heterocycles. The standard InChI is InChI=1S/C17H20/c1-12-2-4-15-11-17(7-6-14(15)8-12)10-13-3-5-16(17)9-13/h2-4,8,16H,5-7,9-11H2,1H3. The van der Waals surface area contributed by atoms with Gasteiger partial charge in [0.05, 0.1) is 0 Å². The van der Waals surface area contributed by atoms with E-state index in [0.29, 0.717) is 5.41 Å². The summed E-state index contributed by atoms with van der Waals surface area (Å²) in [5, 5.41) is 0. The summed E-state index contributed by atoms with van der Waals surface area (Å²) in [4.78, 5) is 0. The van der Waals surface area contributed by atoms with Crippen molar-refractivity contribution in [2.75, 3.05) is 0 Å². The van der Waals surface area contributed by atoms with Crippen molar-refractivity contribution < 1.29 is 0 Å². The second kappa shape index (κ2) is 3.25. The molecule has 0 amide bonds. The minimum atomic E-state index is 0.659. The Morgan fingerprint density at radius 3 is 2.88 bits per heavy atom. The molecule has 1 saturated carbocycles. The van der Waals surface area contributed by atoms with Crippen LogP contribution in [0.3, 0.4) is 0 Å². The summed E-state index contributed by atoms with van der Waals surface area (Å²) in [6, 6.07) is 7.10. The maximum absolute atomic E-state index is 2.51. The van der Waals surface area contributed by atoms with Gasteiger partial charge in [-0.1, -0.05) is 35.4 Å². The average Bonchev–Trinajstić information content (AvgIpc) is 2.90. The highest BCUT2D eigenvalue weighted by molar-refractivity contribution is 5.37. The van der Waals surface area contributed by atoms with E-state index in [9.17, 15) is 0 Å². The average molecular weight is 224 g/mol. The lowest BCUT2D eigenvalue weighted by atomic mass is 9.64. The molecule has 1 spiro atoms. The van der Waals surface area contributed by atoms with Crippen LogP contribution in [0.1, 0.15) is 42.4 Å². The van der Waals surface area contributed by atoms with E-state index in [1.54, 1.807) is 16.7 Å². The normalized spacial score (nSPS) is 33.9. The number of rotatable bonds is 0. The van der Waals surface area contributed by atoms with Crippen LogP contribution in [-0.2, 0) is 12.8 Å². The van der Waals surface area contributed by atoms with E-state index < -0.39 is 0 Å².